The highest BCUT2D eigenvalue weighted by molar-refractivity contribution is 5.85. The van der Waals surface area contributed by atoms with Crippen molar-refractivity contribution < 1.29 is 9.47 Å². The monoisotopic (exact) mass is 276 g/mol. The van der Waals surface area contributed by atoms with Crippen molar-refractivity contribution in [2.75, 3.05) is 20.3 Å². The second-order valence-electron chi connectivity index (χ2n) is 4.84. The molecule has 20 heavy (non-hydrogen) atoms. The quantitative estimate of drug-likeness (QED) is 0.693. The normalized spacial score (nSPS) is 11.2. The molecule has 0 aliphatic carbocycles. The third kappa shape index (κ3) is 3.12. The third-order valence-electron chi connectivity index (χ3n) is 3.47. The summed E-state index contributed by atoms with van der Waals surface area (Å²) >= 11 is 0. The summed E-state index contributed by atoms with van der Waals surface area (Å²) in [6.45, 7) is 6.65. The van der Waals surface area contributed by atoms with Gasteiger partial charge in [-0.25, -0.2) is 0 Å². The molecule has 0 radical (unpaired) electrons. The summed E-state index contributed by atoms with van der Waals surface area (Å²) in [4.78, 5) is 4.53. The van der Waals surface area contributed by atoms with Crippen LogP contribution < -0.4 is 4.74 Å². The first-order chi connectivity index (χ1) is 9.81. The number of fused-ring (bicyclic) bond motifs is 1. The lowest BCUT2D eigenvalue weighted by Gasteiger charge is -2.09. The van der Waals surface area contributed by atoms with E-state index in [0.717, 1.165) is 49.2 Å². The maximum Gasteiger partial charge on any atom is 0.146 e. The van der Waals surface area contributed by atoms with Crippen LogP contribution in [0.25, 0.3) is 11.0 Å². The Morgan fingerprint density at radius 3 is 2.80 bits per heavy atom. The molecule has 4 nitrogen and oxygen atoms in total. The molecule has 0 saturated heterocycles. The number of hydrogen-bond donors (Lipinski definition) is 0. The number of aromatic nitrogens is 2. The molecular weight excluding hydrogens is 252 g/mol. The fourth-order valence-corrected chi connectivity index (χ4v) is 2.50. The van der Waals surface area contributed by atoms with Gasteiger partial charge in [0, 0.05) is 38.7 Å². The number of unbranched alkanes of at least 4 members (excludes halogenated alkanes) is 1. The second kappa shape index (κ2) is 7.29. The van der Waals surface area contributed by atoms with Gasteiger partial charge in [0.2, 0.25) is 0 Å². The molecule has 0 aliphatic heterocycles. The summed E-state index contributed by atoms with van der Waals surface area (Å²) < 4.78 is 13.1. The SMILES string of the molecule is CCOc1ccnc2c(CC)cn(CCCCOC)c12. The van der Waals surface area contributed by atoms with Crippen LogP contribution in [-0.4, -0.2) is 29.9 Å². The fraction of sp³-hybridized carbons (Fsp3) is 0.562. The van der Waals surface area contributed by atoms with Crippen LogP contribution in [0.1, 0.15) is 32.3 Å². The van der Waals surface area contributed by atoms with E-state index in [1.54, 1.807) is 7.11 Å². The highest BCUT2D eigenvalue weighted by atomic mass is 16.5. The van der Waals surface area contributed by atoms with Gasteiger partial charge in [-0.15, -0.1) is 0 Å². The lowest BCUT2D eigenvalue weighted by molar-refractivity contribution is 0.191. The summed E-state index contributed by atoms with van der Waals surface area (Å²) in [6.07, 6.45) is 7.21. The number of rotatable bonds is 8. The van der Waals surface area contributed by atoms with E-state index in [9.17, 15) is 0 Å². The van der Waals surface area contributed by atoms with E-state index in [0.29, 0.717) is 6.61 Å². The molecule has 2 heterocycles. The maximum atomic E-state index is 5.76. The number of ether oxygens (including phenoxy) is 2. The van der Waals surface area contributed by atoms with E-state index in [2.05, 4.69) is 22.7 Å². The van der Waals surface area contributed by atoms with Crippen molar-refractivity contribution >= 4 is 11.0 Å². The summed E-state index contributed by atoms with van der Waals surface area (Å²) in [5.74, 6) is 0.934. The smallest absolute Gasteiger partial charge is 0.146 e. The molecule has 2 aromatic heterocycles. The Morgan fingerprint density at radius 2 is 2.10 bits per heavy atom. The van der Waals surface area contributed by atoms with Gasteiger partial charge in [-0.2, -0.15) is 0 Å². The summed E-state index contributed by atoms with van der Waals surface area (Å²) in [5, 5.41) is 0. The molecule has 0 atom stereocenters. The summed E-state index contributed by atoms with van der Waals surface area (Å²) in [5.41, 5.74) is 3.49. The Morgan fingerprint density at radius 1 is 1.25 bits per heavy atom. The molecular formula is C16H24N2O2. The standard InChI is InChI=1S/C16H24N2O2/c1-4-13-12-18(10-6-7-11-19-3)16-14(20-5-2)8-9-17-15(13)16/h8-9,12H,4-7,10-11H2,1-3H3. The Hall–Kier alpha value is -1.55. The molecule has 0 bridgehead atoms. The molecule has 2 rings (SSSR count). The molecule has 0 unspecified atom stereocenters. The Bertz CT molecular complexity index is 549. The highest BCUT2D eigenvalue weighted by Crippen LogP contribution is 2.29. The van der Waals surface area contributed by atoms with Gasteiger partial charge in [-0.3, -0.25) is 4.98 Å². The average Bonchev–Trinajstić information content (AvgIpc) is 2.83. The predicted molar refractivity (Wildman–Crippen MR) is 81.4 cm³/mol. The first-order valence-corrected chi connectivity index (χ1v) is 7.40. The number of aryl methyl sites for hydroxylation is 2. The van der Waals surface area contributed by atoms with E-state index in [4.69, 9.17) is 9.47 Å². The molecule has 0 saturated carbocycles. The zero-order chi connectivity index (χ0) is 14.4. The van der Waals surface area contributed by atoms with Crippen LogP contribution in [0, 0.1) is 0 Å². The van der Waals surface area contributed by atoms with Gasteiger partial charge in [-0.05, 0) is 31.7 Å². The molecule has 0 aromatic carbocycles. The van der Waals surface area contributed by atoms with Crippen LogP contribution in [0.5, 0.6) is 5.75 Å². The molecule has 2 aromatic rings. The van der Waals surface area contributed by atoms with E-state index < -0.39 is 0 Å². The van der Waals surface area contributed by atoms with Gasteiger partial charge in [0.25, 0.3) is 0 Å². The first-order valence-electron chi connectivity index (χ1n) is 7.40. The Kier molecular flexibility index (Phi) is 5.41. The largest absolute Gasteiger partial charge is 0.492 e. The van der Waals surface area contributed by atoms with E-state index in [1.165, 1.54) is 5.56 Å². The van der Waals surface area contributed by atoms with Crippen molar-refractivity contribution in [3.05, 3.63) is 24.0 Å². The van der Waals surface area contributed by atoms with Gasteiger partial charge in [0.1, 0.15) is 11.3 Å². The lowest BCUT2D eigenvalue weighted by atomic mass is 10.2. The molecule has 0 fully saturated rings. The van der Waals surface area contributed by atoms with Gasteiger partial charge < -0.3 is 14.0 Å². The van der Waals surface area contributed by atoms with Crippen LogP contribution in [0.2, 0.25) is 0 Å². The fourth-order valence-electron chi connectivity index (χ4n) is 2.50. The van der Waals surface area contributed by atoms with Crippen molar-refractivity contribution in [3.63, 3.8) is 0 Å². The maximum absolute atomic E-state index is 5.76. The van der Waals surface area contributed by atoms with E-state index in [-0.39, 0.29) is 0 Å². The minimum Gasteiger partial charge on any atom is -0.492 e. The molecule has 0 amide bonds. The van der Waals surface area contributed by atoms with Crippen molar-refractivity contribution in [2.24, 2.45) is 0 Å². The molecule has 0 aliphatic rings. The van der Waals surface area contributed by atoms with Gasteiger partial charge in [-0.1, -0.05) is 6.92 Å². The van der Waals surface area contributed by atoms with Gasteiger partial charge in [0.05, 0.1) is 12.1 Å². The van der Waals surface area contributed by atoms with Crippen LogP contribution in [0.3, 0.4) is 0 Å². The van der Waals surface area contributed by atoms with Crippen molar-refractivity contribution in [3.8, 4) is 5.75 Å². The topological polar surface area (TPSA) is 36.3 Å². The zero-order valence-electron chi connectivity index (χ0n) is 12.7. The van der Waals surface area contributed by atoms with Gasteiger partial charge >= 0.3 is 0 Å². The summed E-state index contributed by atoms with van der Waals surface area (Å²) in [6, 6.07) is 1.96. The van der Waals surface area contributed by atoms with E-state index in [1.807, 2.05) is 19.2 Å². The zero-order valence-corrected chi connectivity index (χ0v) is 12.7. The Labute approximate surface area is 120 Å². The predicted octanol–water partition coefficient (Wildman–Crippen LogP) is 3.42. The lowest BCUT2D eigenvalue weighted by Crippen LogP contribution is -2.01. The number of hydrogen-bond acceptors (Lipinski definition) is 3. The van der Waals surface area contributed by atoms with Crippen molar-refractivity contribution in [1.29, 1.82) is 0 Å². The van der Waals surface area contributed by atoms with Crippen molar-refractivity contribution in [1.82, 2.24) is 9.55 Å². The molecule has 0 spiro atoms. The van der Waals surface area contributed by atoms with Crippen LogP contribution in [-0.2, 0) is 17.7 Å². The number of methoxy groups -OCH3 is 1. The minimum atomic E-state index is 0.676. The van der Waals surface area contributed by atoms with Crippen molar-refractivity contribution in [2.45, 2.75) is 39.7 Å². The molecule has 110 valence electrons. The Balaban J connectivity index is 2.31. The number of nitrogens with zero attached hydrogens (tertiary/aromatic N) is 2. The van der Waals surface area contributed by atoms with Crippen LogP contribution in [0.15, 0.2) is 18.5 Å². The van der Waals surface area contributed by atoms with Gasteiger partial charge in [0.15, 0.2) is 0 Å². The second-order valence-corrected chi connectivity index (χ2v) is 4.84. The summed E-state index contributed by atoms with van der Waals surface area (Å²) in [7, 11) is 1.75. The molecule has 0 N–H and O–H groups in total. The number of pyridine rings is 1. The first kappa shape index (κ1) is 14.9. The third-order valence-corrected chi connectivity index (χ3v) is 3.47. The van der Waals surface area contributed by atoms with E-state index >= 15 is 0 Å². The minimum absolute atomic E-state index is 0.676. The molecule has 4 heteroatoms. The average molecular weight is 276 g/mol. The van der Waals surface area contributed by atoms with Crippen LogP contribution in [0.4, 0.5) is 0 Å². The highest BCUT2D eigenvalue weighted by Gasteiger charge is 2.13. The van der Waals surface area contributed by atoms with Crippen LogP contribution >= 0.6 is 0 Å².